The second-order valence-electron chi connectivity index (χ2n) is 6.77. The molecule has 8 nitrogen and oxygen atoms in total. The van der Waals surface area contributed by atoms with Crippen molar-refractivity contribution in [3.63, 3.8) is 0 Å². The largest absolute Gasteiger partial charge is 0.495 e. The highest BCUT2D eigenvalue weighted by Crippen LogP contribution is 2.35. The van der Waals surface area contributed by atoms with Crippen LogP contribution in [0, 0.1) is 0 Å². The maximum absolute atomic E-state index is 12.6. The molecule has 1 amide bonds. The van der Waals surface area contributed by atoms with Gasteiger partial charge in [0, 0.05) is 19.6 Å². The van der Waals surface area contributed by atoms with Crippen molar-refractivity contribution < 1.29 is 27.4 Å². The number of carbonyl (C=O) groups excluding carboxylic acids is 1. The lowest BCUT2D eigenvalue weighted by Crippen LogP contribution is -2.20. The summed E-state index contributed by atoms with van der Waals surface area (Å²) in [7, 11) is -0.423. The van der Waals surface area contributed by atoms with E-state index in [4.69, 9.17) is 14.2 Å². The van der Waals surface area contributed by atoms with Crippen molar-refractivity contribution in [2.45, 2.75) is 24.8 Å². The summed E-state index contributed by atoms with van der Waals surface area (Å²) in [5, 5.41) is 0. The summed E-state index contributed by atoms with van der Waals surface area (Å²) in [6, 6.07) is 11.7. The van der Waals surface area contributed by atoms with Crippen molar-refractivity contribution in [2.24, 2.45) is 4.99 Å². The molecule has 10 heteroatoms. The quantitative estimate of drug-likeness (QED) is 0.416. The fourth-order valence-corrected chi connectivity index (χ4v) is 5.61. The number of methoxy groups -OCH3 is 2. The molecule has 1 aromatic heterocycles. The van der Waals surface area contributed by atoms with E-state index in [1.807, 2.05) is 11.5 Å². The van der Waals surface area contributed by atoms with Crippen LogP contribution in [0.2, 0.25) is 0 Å². The molecule has 1 heterocycles. The molecule has 0 aliphatic heterocycles. The number of sulfone groups is 1. The molecule has 0 unspecified atom stereocenters. The number of aromatic nitrogens is 1. The number of rotatable bonds is 10. The molecule has 0 spiro atoms. The summed E-state index contributed by atoms with van der Waals surface area (Å²) in [5.74, 6) is 0.431. The van der Waals surface area contributed by atoms with Gasteiger partial charge in [-0.3, -0.25) is 4.79 Å². The Balaban J connectivity index is 1.97. The van der Waals surface area contributed by atoms with Gasteiger partial charge in [-0.05, 0) is 31.2 Å². The van der Waals surface area contributed by atoms with Gasteiger partial charge in [0.05, 0.1) is 31.5 Å². The highest BCUT2D eigenvalue weighted by molar-refractivity contribution is 7.91. The number of benzene rings is 2. The first-order valence-corrected chi connectivity index (χ1v) is 12.6. The zero-order valence-electron chi connectivity index (χ0n) is 18.2. The fourth-order valence-electron chi connectivity index (χ4n) is 3.18. The Morgan fingerprint density at radius 3 is 2.41 bits per heavy atom. The predicted molar refractivity (Wildman–Crippen MR) is 123 cm³/mol. The molecule has 0 fully saturated rings. The number of nitrogens with zero attached hydrogens (tertiary/aromatic N) is 2. The van der Waals surface area contributed by atoms with Crippen molar-refractivity contribution >= 4 is 37.3 Å². The van der Waals surface area contributed by atoms with Crippen LogP contribution in [-0.2, 0) is 25.9 Å². The first-order valence-electron chi connectivity index (χ1n) is 10.1. The number of carbonyl (C=O) groups is 1. The molecule has 32 heavy (non-hydrogen) atoms. The van der Waals surface area contributed by atoms with Crippen LogP contribution >= 0.6 is 11.3 Å². The summed E-state index contributed by atoms with van der Waals surface area (Å²) < 4.78 is 44.1. The van der Waals surface area contributed by atoms with Crippen LogP contribution in [-0.4, -0.2) is 52.1 Å². The van der Waals surface area contributed by atoms with Crippen molar-refractivity contribution in [3.8, 4) is 11.5 Å². The fraction of sp³-hybridized carbons (Fsp3) is 0.364. The van der Waals surface area contributed by atoms with Gasteiger partial charge in [0.25, 0.3) is 0 Å². The summed E-state index contributed by atoms with van der Waals surface area (Å²) >= 11 is 1.29. The molecule has 0 aliphatic carbocycles. The normalized spacial score (nSPS) is 12.3. The van der Waals surface area contributed by atoms with Gasteiger partial charge < -0.3 is 18.8 Å². The lowest BCUT2D eigenvalue weighted by Gasteiger charge is -2.10. The van der Waals surface area contributed by atoms with E-state index in [-0.39, 0.29) is 17.1 Å². The van der Waals surface area contributed by atoms with E-state index >= 15 is 0 Å². The summed E-state index contributed by atoms with van der Waals surface area (Å²) in [5.41, 5.74) is 0.750. The molecule has 2 aromatic carbocycles. The SMILES string of the molecule is CCOCCn1c(=NC(=O)CCS(=O)(=O)c2ccccc2)sc2c(OC)ccc(OC)c21. The summed E-state index contributed by atoms with van der Waals surface area (Å²) in [6.07, 6.45) is -0.217. The minimum Gasteiger partial charge on any atom is -0.495 e. The number of hydrogen-bond donors (Lipinski definition) is 0. The van der Waals surface area contributed by atoms with E-state index in [9.17, 15) is 13.2 Å². The third kappa shape index (κ3) is 5.37. The van der Waals surface area contributed by atoms with E-state index in [1.165, 1.54) is 23.5 Å². The number of fused-ring (bicyclic) bond motifs is 1. The molecular formula is C22H26N2O6S2. The van der Waals surface area contributed by atoms with Crippen molar-refractivity contribution in [2.75, 3.05) is 33.2 Å². The van der Waals surface area contributed by atoms with Crippen LogP contribution in [0.3, 0.4) is 0 Å². The van der Waals surface area contributed by atoms with Gasteiger partial charge in [0.15, 0.2) is 14.6 Å². The maximum Gasteiger partial charge on any atom is 0.249 e. The Morgan fingerprint density at radius 1 is 1.06 bits per heavy atom. The van der Waals surface area contributed by atoms with Crippen LogP contribution in [0.1, 0.15) is 13.3 Å². The second-order valence-corrected chi connectivity index (χ2v) is 9.86. The average Bonchev–Trinajstić information content (AvgIpc) is 3.16. The van der Waals surface area contributed by atoms with Crippen LogP contribution in [0.15, 0.2) is 52.4 Å². The standard InChI is InChI=1S/C22H26N2O6S2/c1-4-30-14-13-24-20-17(28-2)10-11-18(29-3)21(20)31-22(24)23-19(25)12-15-32(26,27)16-8-6-5-7-9-16/h5-11H,4,12-15H2,1-3H3. The van der Waals surface area contributed by atoms with Gasteiger partial charge in [-0.2, -0.15) is 4.99 Å². The topological polar surface area (TPSA) is 96.2 Å². The van der Waals surface area contributed by atoms with E-state index in [2.05, 4.69) is 4.99 Å². The molecule has 3 rings (SSSR count). The minimum absolute atomic E-state index is 0.191. The Labute approximate surface area is 191 Å². The van der Waals surface area contributed by atoms with Crippen molar-refractivity contribution in [1.29, 1.82) is 0 Å². The smallest absolute Gasteiger partial charge is 0.249 e. The number of thiazole rings is 1. The molecule has 0 saturated heterocycles. The third-order valence-corrected chi connectivity index (χ3v) is 7.59. The zero-order valence-corrected chi connectivity index (χ0v) is 19.9. The third-order valence-electron chi connectivity index (χ3n) is 4.76. The number of amides is 1. The molecule has 0 N–H and O–H groups in total. The number of ether oxygens (including phenoxy) is 3. The Morgan fingerprint density at radius 2 is 1.75 bits per heavy atom. The van der Waals surface area contributed by atoms with Crippen molar-refractivity contribution in [1.82, 2.24) is 4.57 Å². The second kappa shape index (κ2) is 10.8. The first-order chi connectivity index (χ1) is 15.4. The molecule has 0 saturated carbocycles. The highest BCUT2D eigenvalue weighted by atomic mass is 32.2. The van der Waals surface area contributed by atoms with Gasteiger partial charge in [0.1, 0.15) is 21.7 Å². The first kappa shape index (κ1) is 24.0. The van der Waals surface area contributed by atoms with E-state index in [1.54, 1.807) is 44.6 Å². The summed E-state index contributed by atoms with van der Waals surface area (Å²) in [6.45, 7) is 3.34. The van der Waals surface area contributed by atoms with E-state index in [0.717, 1.165) is 10.2 Å². The molecule has 3 aromatic rings. The molecule has 0 aliphatic rings. The van der Waals surface area contributed by atoms with Gasteiger partial charge in [-0.25, -0.2) is 8.42 Å². The average molecular weight is 479 g/mol. The van der Waals surface area contributed by atoms with E-state index < -0.39 is 15.7 Å². The lowest BCUT2D eigenvalue weighted by molar-refractivity contribution is -0.117. The zero-order chi connectivity index (χ0) is 23.1. The molecule has 0 bridgehead atoms. The predicted octanol–water partition coefficient (Wildman–Crippen LogP) is 3.05. The monoisotopic (exact) mass is 478 g/mol. The van der Waals surface area contributed by atoms with Gasteiger partial charge in [-0.15, -0.1) is 0 Å². The molecular weight excluding hydrogens is 452 g/mol. The van der Waals surface area contributed by atoms with Crippen molar-refractivity contribution in [3.05, 3.63) is 47.3 Å². The molecule has 0 radical (unpaired) electrons. The van der Waals surface area contributed by atoms with Gasteiger partial charge >= 0.3 is 0 Å². The van der Waals surface area contributed by atoms with Crippen LogP contribution in [0.5, 0.6) is 11.5 Å². The van der Waals surface area contributed by atoms with Crippen LogP contribution in [0.4, 0.5) is 0 Å². The van der Waals surface area contributed by atoms with Gasteiger partial charge in [-0.1, -0.05) is 29.5 Å². The Hall–Kier alpha value is -2.69. The number of hydrogen-bond acceptors (Lipinski definition) is 7. The summed E-state index contributed by atoms with van der Waals surface area (Å²) in [4.78, 5) is 17.5. The maximum atomic E-state index is 12.6. The Kier molecular flexibility index (Phi) is 8.05. The van der Waals surface area contributed by atoms with Gasteiger partial charge in [0.2, 0.25) is 5.91 Å². The highest BCUT2D eigenvalue weighted by Gasteiger charge is 2.18. The van der Waals surface area contributed by atoms with Crippen LogP contribution < -0.4 is 14.3 Å². The Bertz CT molecular complexity index is 1250. The van der Waals surface area contributed by atoms with E-state index in [0.29, 0.717) is 36.1 Å². The molecule has 0 atom stereocenters. The molecule has 172 valence electrons. The lowest BCUT2D eigenvalue weighted by atomic mass is 10.3. The van der Waals surface area contributed by atoms with Crippen LogP contribution in [0.25, 0.3) is 10.2 Å². The minimum atomic E-state index is -3.57.